The molecule has 0 aromatic heterocycles. The molecule has 3 aliphatic rings. The van der Waals surface area contributed by atoms with Crippen LogP contribution in [-0.4, -0.2) is 91.1 Å². The molecule has 2 aliphatic carbocycles. The summed E-state index contributed by atoms with van der Waals surface area (Å²) in [6.07, 6.45) is 8.75. The van der Waals surface area contributed by atoms with Crippen LogP contribution in [0.2, 0.25) is 0 Å². The number of carbonyl (C=O) groups is 2. The van der Waals surface area contributed by atoms with Gasteiger partial charge >= 0.3 is 6.09 Å². The molecule has 13 heteroatoms. The number of amides is 1. The molecule has 7 rings (SSSR count). The number of hydrogen-bond donors (Lipinski definition) is 2. The van der Waals surface area contributed by atoms with Gasteiger partial charge in [-0.3, -0.25) is 9.69 Å². The van der Waals surface area contributed by atoms with Gasteiger partial charge in [-0.05, 0) is 103 Å². The van der Waals surface area contributed by atoms with E-state index in [0.717, 1.165) is 59.4 Å². The van der Waals surface area contributed by atoms with Crippen molar-refractivity contribution >= 4 is 40.5 Å². The lowest BCUT2D eigenvalue weighted by molar-refractivity contribution is -0.256. The number of carbonyl (C=O) groups excluding carboxylic acids is 2. The summed E-state index contributed by atoms with van der Waals surface area (Å²) in [6.45, 7) is 6.65. The van der Waals surface area contributed by atoms with Crippen LogP contribution in [0.1, 0.15) is 79.3 Å². The van der Waals surface area contributed by atoms with Crippen LogP contribution in [0.4, 0.5) is 4.79 Å². The summed E-state index contributed by atoms with van der Waals surface area (Å²) in [7, 11) is 1.51. The largest absolute Gasteiger partial charge is 0.496 e. The number of aliphatic hydroxyl groups excluding tert-OH is 2. The van der Waals surface area contributed by atoms with Crippen LogP contribution in [0.3, 0.4) is 0 Å². The molecule has 4 aromatic carbocycles. The number of fused-ring (bicyclic) bond motifs is 3. The van der Waals surface area contributed by atoms with E-state index >= 15 is 0 Å². The summed E-state index contributed by atoms with van der Waals surface area (Å²) < 4.78 is 32.3. The SMILES string of the molecule is C=CCO[C@@]12Oc3ccc(Oc4ccc(OC)c(C=O)c4)cc3[C@H]3[C@H](CCCCO)[C@@H](CCCCO)C=C(C(=NOCC)C[C@@H]1N(Cc1cccc4ccccc14)C(=O)OCCCl)[C@H]32. The molecule has 1 fully saturated rings. The average Bonchev–Trinajstić information content (AvgIpc) is 3.32. The van der Waals surface area contributed by atoms with Crippen molar-refractivity contribution in [2.24, 2.45) is 22.9 Å². The standard InChI is InChI=1S/C51H59ClN2O10/c1-4-26-61-51-47(54(50(58)60-27-23-52)32-36-16-12-15-34-13-6-7-17-40(34)36)31-44(53-62-5-2)42-29-35(14-8-10-24-55)41(18-9-11-25-56)48(49(42)51)43-30-39(20-22-46(43)64-51)63-38-19-21-45(59-3)37(28-38)33-57/h4,6-7,12-13,15-17,19-22,28-30,33,35,41,47-49,55-56H,1,5,8-11,14,18,23-27,31-32H2,2-3H3/t35-,41+,47-,48+,49+,51+/m0/s1. The average molecular weight is 895 g/mol. The third-order valence-corrected chi connectivity index (χ3v) is 12.8. The number of halogens is 1. The summed E-state index contributed by atoms with van der Waals surface area (Å²) in [5.41, 5.74) is 3.73. The van der Waals surface area contributed by atoms with Gasteiger partial charge in [0.15, 0.2) is 6.29 Å². The Bertz CT molecular complexity index is 2310. The molecule has 64 heavy (non-hydrogen) atoms. The predicted octanol–water partition coefficient (Wildman–Crippen LogP) is 9.98. The van der Waals surface area contributed by atoms with Gasteiger partial charge in [-0.25, -0.2) is 4.79 Å². The molecular formula is C51H59ClN2O10. The Hall–Kier alpha value is -5.40. The summed E-state index contributed by atoms with van der Waals surface area (Å²) in [6, 6.07) is 24.1. The van der Waals surface area contributed by atoms with Crippen molar-refractivity contribution < 1.29 is 48.3 Å². The molecule has 0 unspecified atom stereocenters. The minimum absolute atomic E-state index is 0.00574. The molecule has 0 saturated heterocycles. The lowest BCUT2D eigenvalue weighted by atomic mass is 9.55. The topological polar surface area (TPSA) is 146 Å². The lowest BCUT2D eigenvalue weighted by Gasteiger charge is -2.59. The smallest absolute Gasteiger partial charge is 0.410 e. The third kappa shape index (κ3) is 9.80. The van der Waals surface area contributed by atoms with Gasteiger partial charge in [0.25, 0.3) is 0 Å². The first kappa shape index (κ1) is 46.6. The van der Waals surface area contributed by atoms with E-state index in [0.29, 0.717) is 53.7 Å². The lowest BCUT2D eigenvalue weighted by Crippen LogP contribution is -2.70. The van der Waals surface area contributed by atoms with E-state index in [9.17, 15) is 19.8 Å². The maximum atomic E-state index is 14.7. The monoisotopic (exact) mass is 894 g/mol. The predicted molar refractivity (Wildman–Crippen MR) is 247 cm³/mol. The second kappa shape index (κ2) is 22.0. The van der Waals surface area contributed by atoms with E-state index in [-0.39, 0.29) is 63.0 Å². The first-order valence-corrected chi connectivity index (χ1v) is 22.8. The molecule has 0 radical (unpaired) electrons. The van der Waals surface area contributed by atoms with Crippen molar-refractivity contribution in [3.63, 3.8) is 0 Å². The number of nitrogens with zero attached hydrogens (tertiary/aromatic N) is 2. The molecule has 4 aromatic rings. The number of ether oxygens (including phenoxy) is 5. The van der Waals surface area contributed by atoms with Gasteiger partial charge in [0, 0.05) is 31.1 Å². The number of benzene rings is 4. The van der Waals surface area contributed by atoms with Crippen LogP contribution in [0.15, 0.2) is 108 Å². The van der Waals surface area contributed by atoms with Gasteiger partial charge in [0.05, 0.1) is 43.3 Å². The Morgan fingerprint density at radius 1 is 1.00 bits per heavy atom. The number of unbranched alkanes of at least 4 members (excludes halogenated alkanes) is 2. The van der Waals surface area contributed by atoms with E-state index in [2.05, 4.69) is 12.7 Å². The van der Waals surface area contributed by atoms with Gasteiger partial charge < -0.3 is 38.7 Å². The zero-order valence-electron chi connectivity index (χ0n) is 36.7. The van der Waals surface area contributed by atoms with Gasteiger partial charge in [-0.2, -0.15) is 0 Å². The molecule has 0 bridgehead atoms. The second-order valence-corrected chi connectivity index (χ2v) is 16.8. The summed E-state index contributed by atoms with van der Waals surface area (Å²) in [5.74, 6) is -0.199. The fourth-order valence-corrected chi connectivity index (χ4v) is 10.1. The fourth-order valence-electron chi connectivity index (χ4n) is 9.98. The summed E-state index contributed by atoms with van der Waals surface area (Å²) in [5, 5.41) is 26.8. The summed E-state index contributed by atoms with van der Waals surface area (Å²) >= 11 is 6.14. The van der Waals surface area contributed by atoms with Crippen LogP contribution >= 0.6 is 11.6 Å². The Labute approximate surface area is 380 Å². The molecule has 1 aliphatic heterocycles. The fraction of sp³-hybridized carbons (Fsp3) is 0.431. The molecule has 1 saturated carbocycles. The van der Waals surface area contributed by atoms with Gasteiger partial charge in [0.1, 0.15) is 42.3 Å². The molecule has 12 nitrogen and oxygen atoms in total. The highest BCUT2D eigenvalue weighted by Gasteiger charge is 2.65. The number of methoxy groups -OCH3 is 1. The Morgan fingerprint density at radius 2 is 1.77 bits per heavy atom. The van der Waals surface area contributed by atoms with Crippen molar-refractivity contribution in [1.82, 2.24) is 4.90 Å². The second-order valence-electron chi connectivity index (χ2n) is 16.4. The van der Waals surface area contributed by atoms with Gasteiger partial charge in [0.2, 0.25) is 5.79 Å². The maximum Gasteiger partial charge on any atom is 0.410 e. The van der Waals surface area contributed by atoms with E-state index in [1.165, 1.54) is 7.11 Å². The Morgan fingerprint density at radius 3 is 2.52 bits per heavy atom. The van der Waals surface area contributed by atoms with Crippen molar-refractivity contribution in [1.29, 1.82) is 0 Å². The molecule has 1 amide bonds. The van der Waals surface area contributed by atoms with Crippen LogP contribution in [0.5, 0.6) is 23.0 Å². The molecule has 2 N–H and O–H groups in total. The third-order valence-electron chi connectivity index (χ3n) is 12.6. The van der Waals surface area contributed by atoms with E-state index < -0.39 is 23.8 Å². The van der Waals surface area contributed by atoms with Crippen LogP contribution in [0.25, 0.3) is 10.8 Å². The van der Waals surface area contributed by atoms with Crippen molar-refractivity contribution in [2.75, 3.05) is 46.0 Å². The number of rotatable bonds is 22. The van der Waals surface area contributed by atoms with Crippen LogP contribution < -0.4 is 14.2 Å². The van der Waals surface area contributed by atoms with Crippen molar-refractivity contribution in [2.45, 2.75) is 76.2 Å². The van der Waals surface area contributed by atoms with Crippen molar-refractivity contribution in [3.8, 4) is 23.0 Å². The summed E-state index contributed by atoms with van der Waals surface area (Å²) in [4.78, 5) is 34.3. The van der Waals surface area contributed by atoms with Crippen LogP contribution in [-0.2, 0) is 20.9 Å². The zero-order valence-corrected chi connectivity index (χ0v) is 37.4. The molecule has 340 valence electrons. The normalized spacial score (nSPS) is 22.7. The quantitative estimate of drug-likeness (QED) is 0.0257. The molecule has 0 spiro atoms. The number of aldehydes is 1. The highest BCUT2D eigenvalue weighted by Crippen LogP contribution is 2.62. The first-order valence-electron chi connectivity index (χ1n) is 22.3. The van der Waals surface area contributed by atoms with E-state index in [1.54, 1.807) is 29.2 Å². The Kier molecular flexibility index (Phi) is 16.0. The number of oxime groups is 1. The minimum atomic E-state index is -1.50. The molecule has 6 atom stereocenters. The molecular weight excluding hydrogens is 836 g/mol. The Balaban J connectivity index is 1.46. The van der Waals surface area contributed by atoms with Crippen molar-refractivity contribution in [3.05, 3.63) is 120 Å². The zero-order chi connectivity index (χ0) is 45.1. The van der Waals surface area contributed by atoms with E-state index in [1.807, 2.05) is 67.6 Å². The highest BCUT2D eigenvalue weighted by atomic mass is 35.5. The number of allylic oxidation sites excluding steroid dienone is 1. The van der Waals surface area contributed by atoms with Gasteiger partial charge in [-0.1, -0.05) is 72.6 Å². The van der Waals surface area contributed by atoms with E-state index in [4.69, 9.17) is 45.3 Å². The number of alkyl halides is 1. The number of aliphatic hydroxyl groups is 2. The minimum Gasteiger partial charge on any atom is -0.496 e. The maximum absolute atomic E-state index is 14.7. The van der Waals surface area contributed by atoms with Crippen LogP contribution in [0, 0.1) is 17.8 Å². The molecule has 1 heterocycles. The number of hydrogen-bond acceptors (Lipinski definition) is 11. The first-order chi connectivity index (χ1) is 31.3. The van der Waals surface area contributed by atoms with Gasteiger partial charge in [-0.15, -0.1) is 18.2 Å². The highest BCUT2D eigenvalue weighted by molar-refractivity contribution is 6.18.